The van der Waals surface area contributed by atoms with E-state index in [0.717, 1.165) is 0 Å². The number of nitrogens with two attached hydrogens (primary N) is 1. The predicted molar refractivity (Wildman–Crippen MR) is 59.2 cm³/mol. The standard InChI is InChI=1S/C7H8N8OS/c1-16-2-3-10-13-7-15(3)14-5(17-7)4-9-6(8)12-11-4/h2H2,1H3,(H3,8,9,11,12). The number of ether oxygens (including phenoxy) is 1. The highest BCUT2D eigenvalue weighted by molar-refractivity contribution is 7.19. The lowest BCUT2D eigenvalue weighted by Crippen LogP contribution is -1.97. The van der Waals surface area contributed by atoms with E-state index in [0.29, 0.717) is 28.2 Å². The molecule has 0 atom stereocenters. The molecule has 88 valence electrons. The summed E-state index contributed by atoms with van der Waals surface area (Å²) in [4.78, 5) is 4.67. The van der Waals surface area contributed by atoms with Gasteiger partial charge in [0.1, 0.15) is 6.61 Å². The maximum absolute atomic E-state index is 5.43. The number of rotatable bonds is 3. The largest absolute Gasteiger partial charge is 0.377 e. The van der Waals surface area contributed by atoms with Crippen molar-refractivity contribution in [2.75, 3.05) is 12.8 Å². The molecule has 17 heavy (non-hydrogen) atoms. The van der Waals surface area contributed by atoms with Crippen LogP contribution in [0.3, 0.4) is 0 Å². The van der Waals surface area contributed by atoms with Crippen molar-refractivity contribution in [2.45, 2.75) is 6.61 Å². The summed E-state index contributed by atoms with van der Waals surface area (Å²) in [7, 11) is 1.59. The summed E-state index contributed by atoms with van der Waals surface area (Å²) in [6.07, 6.45) is 0. The summed E-state index contributed by atoms with van der Waals surface area (Å²) in [5, 5.41) is 19.3. The Morgan fingerprint density at radius 2 is 2.35 bits per heavy atom. The van der Waals surface area contributed by atoms with Gasteiger partial charge in [0.25, 0.3) is 0 Å². The first-order valence-electron chi connectivity index (χ1n) is 4.66. The van der Waals surface area contributed by atoms with Crippen molar-refractivity contribution in [3.05, 3.63) is 5.82 Å². The van der Waals surface area contributed by atoms with Gasteiger partial charge in [-0.25, -0.2) is 0 Å². The molecule has 0 radical (unpaired) electrons. The second-order valence-corrected chi connectivity index (χ2v) is 4.15. The molecule has 0 saturated heterocycles. The lowest BCUT2D eigenvalue weighted by atomic mass is 10.6. The third kappa shape index (κ3) is 1.62. The quantitative estimate of drug-likeness (QED) is 0.656. The number of anilines is 1. The maximum atomic E-state index is 5.43. The summed E-state index contributed by atoms with van der Waals surface area (Å²) in [5.74, 6) is 1.34. The van der Waals surface area contributed by atoms with Crippen LogP contribution in [0.25, 0.3) is 15.8 Å². The topological polar surface area (TPSA) is 120 Å². The zero-order chi connectivity index (χ0) is 11.8. The Morgan fingerprint density at radius 1 is 1.47 bits per heavy atom. The SMILES string of the molecule is COCc1nnc2sc(-c3nc(N)n[nH]3)nn12. The van der Waals surface area contributed by atoms with Crippen LogP contribution in [0.5, 0.6) is 0 Å². The maximum Gasteiger partial charge on any atom is 0.239 e. The van der Waals surface area contributed by atoms with Crippen molar-refractivity contribution in [1.29, 1.82) is 0 Å². The number of aromatic nitrogens is 7. The van der Waals surface area contributed by atoms with Crippen LogP contribution in [-0.4, -0.2) is 42.1 Å². The van der Waals surface area contributed by atoms with Crippen molar-refractivity contribution in [3.8, 4) is 10.8 Å². The lowest BCUT2D eigenvalue weighted by molar-refractivity contribution is 0.176. The van der Waals surface area contributed by atoms with Crippen molar-refractivity contribution in [3.63, 3.8) is 0 Å². The molecule has 0 saturated carbocycles. The van der Waals surface area contributed by atoms with Crippen molar-refractivity contribution in [1.82, 2.24) is 35.0 Å². The molecule has 0 aliphatic rings. The molecule has 0 spiro atoms. The highest BCUT2D eigenvalue weighted by Crippen LogP contribution is 2.22. The fraction of sp³-hybridized carbons (Fsp3) is 0.286. The van der Waals surface area contributed by atoms with E-state index in [-0.39, 0.29) is 5.95 Å². The normalized spacial score (nSPS) is 11.4. The third-order valence-electron chi connectivity index (χ3n) is 2.03. The fourth-order valence-electron chi connectivity index (χ4n) is 1.34. The third-order valence-corrected chi connectivity index (χ3v) is 2.94. The molecule has 3 rings (SSSR count). The molecular weight excluding hydrogens is 244 g/mol. The molecule has 0 fully saturated rings. The Morgan fingerprint density at radius 3 is 3.06 bits per heavy atom. The van der Waals surface area contributed by atoms with Gasteiger partial charge in [0.15, 0.2) is 16.7 Å². The number of aromatic amines is 1. The van der Waals surface area contributed by atoms with Crippen LogP contribution in [0.15, 0.2) is 0 Å². The summed E-state index contributed by atoms with van der Waals surface area (Å²) < 4.78 is 6.61. The number of H-pyrrole nitrogens is 1. The van der Waals surface area contributed by atoms with E-state index in [4.69, 9.17) is 10.5 Å². The molecule has 3 N–H and O–H groups in total. The summed E-state index contributed by atoms with van der Waals surface area (Å²) in [5.41, 5.74) is 5.43. The first kappa shape index (κ1) is 10.1. The van der Waals surface area contributed by atoms with Crippen LogP contribution in [0.4, 0.5) is 5.95 Å². The monoisotopic (exact) mass is 252 g/mol. The average molecular weight is 252 g/mol. The minimum atomic E-state index is 0.183. The molecule has 9 nitrogen and oxygen atoms in total. The van der Waals surface area contributed by atoms with Crippen LogP contribution in [-0.2, 0) is 11.3 Å². The molecule has 3 aromatic heterocycles. The lowest BCUT2D eigenvalue weighted by Gasteiger charge is -1.91. The van der Waals surface area contributed by atoms with Crippen LogP contribution < -0.4 is 5.73 Å². The van der Waals surface area contributed by atoms with E-state index in [1.807, 2.05) is 0 Å². The number of hydrogen-bond donors (Lipinski definition) is 2. The van der Waals surface area contributed by atoms with Crippen LogP contribution >= 0.6 is 11.3 Å². The Bertz CT molecular complexity index is 654. The van der Waals surface area contributed by atoms with Gasteiger partial charge in [-0.1, -0.05) is 11.3 Å². The Hall–Kier alpha value is -2.07. The molecule has 0 amide bonds. The molecule has 0 aromatic carbocycles. The first-order chi connectivity index (χ1) is 8.28. The summed E-state index contributed by atoms with van der Waals surface area (Å²) >= 11 is 1.34. The molecule has 0 aliphatic carbocycles. The molecule has 0 bridgehead atoms. The predicted octanol–water partition coefficient (Wildman–Crippen LogP) is -0.301. The number of nitrogen functional groups attached to an aromatic ring is 1. The van der Waals surface area contributed by atoms with E-state index in [9.17, 15) is 0 Å². The van der Waals surface area contributed by atoms with Crippen LogP contribution in [0.2, 0.25) is 0 Å². The second kappa shape index (κ2) is 3.75. The zero-order valence-electron chi connectivity index (χ0n) is 8.78. The van der Waals surface area contributed by atoms with Crippen LogP contribution in [0.1, 0.15) is 5.82 Å². The van der Waals surface area contributed by atoms with Crippen molar-refractivity contribution in [2.24, 2.45) is 0 Å². The molecule has 10 heteroatoms. The van der Waals surface area contributed by atoms with Crippen molar-refractivity contribution < 1.29 is 4.74 Å². The van der Waals surface area contributed by atoms with Gasteiger partial charge in [0.2, 0.25) is 10.9 Å². The average Bonchev–Trinajstić information content (AvgIpc) is 2.95. The number of nitrogens with one attached hydrogen (secondary N) is 1. The smallest absolute Gasteiger partial charge is 0.239 e. The Kier molecular flexibility index (Phi) is 2.23. The van der Waals surface area contributed by atoms with E-state index in [1.54, 1.807) is 11.6 Å². The number of fused-ring (bicyclic) bond motifs is 1. The van der Waals surface area contributed by atoms with Gasteiger partial charge in [-0.05, 0) is 0 Å². The Labute approximate surface area is 98.6 Å². The number of hydrogen-bond acceptors (Lipinski definition) is 8. The molecule has 3 heterocycles. The first-order valence-corrected chi connectivity index (χ1v) is 5.48. The minimum absolute atomic E-state index is 0.183. The Balaban J connectivity index is 2.07. The van der Waals surface area contributed by atoms with Gasteiger partial charge in [0.05, 0.1) is 0 Å². The van der Waals surface area contributed by atoms with E-state index in [1.165, 1.54) is 11.3 Å². The number of nitrogens with zero attached hydrogens (tertiary/aromatic N) is 6. The van der Waals surface area contributed by atoms with Gasteiger partial charge in [0, 0.05) is 7.11 Å². The van der Waals surface area contributed by atoms with E-state index >= 15 is 0 Å². The fourth-order valence-corrected chi connectivity index (χ4v) is 2.14. The number of methoxy groups -OCH3 is 1. The van der Waals surface area contributed by atoms with Gasteiger partial charge in [-0.15, -0.1) is 20.4 Å². The molecular formula is C7H8N8OS. The van der Waals surface area contributed by atoms with Gasteiger partial charge >= 0.3 is 0 Å². The van der Waals surface area contributed by atoms with E-state index in [2.05, 4.69) is 30.5 Å². The molecule has 3 aromatic rings. The van der Waals surface area contributed by atoms with Gasteiger partial charge in [-0.2, -0.15) is 9.50 Å². The minimum Gasteiger partial charge on any atom is -0.377 e. The zero-order valence-corrected chi connectivity index (χ0v) is 9.60. The van der Waals surface area contributed by atoms with E-state index < -0.39 is 0 Å². The van der Waals surface area contributed by atoms with Gasteiger partial charge < -0.3 is 10.5 Å². The highest BCUT2D eigenvalue weighted by Gasteiger charge is 2.14. The van der Waals surface area contributed by atoms with Crippen molar-refractivity contribution >= 4 is 22.2 Å². The second-order valence-electron chi connectivity index (χ2n) is 3.19. The summed E-state index contributed by atoms with van der Waals surface area (Å²) in [6.45, 7) is 0.350. The summed E-state index contributed by atoms with van der Waals surface area (Å²) in [6, 6.07) is 0. The molecule has 0 aliphatic heterocycles. The van der Waals surface area contributed by atoms with Crippen LogP contribution in [0, 0.1) is 0 Å². The highest BCUT2D eigenvalue weighted by atomic mass is 32.1. The molecule has 0 unspecified atom stereocenters. The van der Waals surface area contributed by atoms with Gasteiger partial charge in [-0.3, -0.25) is 5.10 Å².